The number of fused-ring (bicyclic) bond motifs is 1. The van der Waals surface area contributed by atoms with E-state index in [1.165, 1.54) is 0 Å². The van der Waals surface area contributed by atoms with Gasteiger partial charge in [-0.2, -0.15) is 4.31 Å². The van der Waals surface area contributed by atoms with E-state index in [-0.39, 0.29) is 18.4 Å². The number of hydrogen-bond acceptors (Lipinski definition) is 4. The maximum atomic E-state index is 13.0. The van der Waals surface area contributed by atoms with E-state index in [0.717, 1.165) is 37.7 Å². The van der Waals surface area contributed by atoms with Gasteiger partial charge < -0.3 is 4.74 Å². The van der Waals surface area contributed by atoms with E-state index in [0.29, 0.717) is 11.5 Å². The first-order chi connectivity index (χ1) is 11.1. The Bertz CT molecular complexity index is 680. The van der Waals surface area contributed by atoms with Crippen molar-refractivity contribution in [3.05, 3.63) is 29.8 Å². The Morgan fingerprint density at radius 2 is 1.91 bits per heavy atom. The molecule has 0 N–H and O–H groups in total. The van der Waals surface area contributed by atoms with E-state index in [4.69, 9.17) is 4.74 Å². The second kappa shape index (κ2) is 6.61. The van der Waals surface area contributed by atoms with E-state index in [9.17, 15) is 13.2 Å². The summed E-state index contributed by atoms with van der Waals surface area (Å²) < 4.78 is 32.7. The van der Waals surface area contributed by atoms with Crippen LogP contribution in [0.5, 0.6) is 0 Å². The average Bonchev–Trinajstić information content (AvgIpc) is 2.76. The van der Waals surface area contributed by atoms with Crippen LogP contribution in [0, 0.1) is 0 Å². The fraction of sp³-hybridized carbons (Fsp3) is 0.588. The summed E-state index contributed by atoms with van der Waals surface area (Å²) in [5.74, 6) is -0.342. The number of sulfonamides is 1. The molecule has 1 aliphatic heterocycles. The van der Waals surface area contributed by atoms with Crippen LogP contribution in [0.3, 0.4) is 0 Å². The summed E-state index contributed by atoms with van der Waals surface area (Å²) in [5.41, 5.74) is 0.728. The number of benzene rings is 1. The molecule has 0 spiro atoms. The van der Waals surface area contributed by atoms with Gasteiger partial charge in [0.25, 0.3) is 0 Å². The van der Waals surface area contributed by atoms with Crippen molar-refractivity contribution < 1.29 is 17.9 Å². The van der Waals surface area contributed by atoms with Crippen LogP contribution in [0.15, 0.2) is 29.2 Å². The topological polar surface area (TPSA) is 63.7 Å². The van der Waals surface area contributed by atoms with E-state index in [2.05, 4.69) is 0 Å². The van der Waals surface area contributed by atoms with Gasteiger partial charge in [-0.25, -0.2) is 8.42 Å². The highest BCUT2D eigenvalue weighted by Gasteiger charge is 2.46. The molecule has 0 aromatic heterocycles. The second-order valence-electron chi connectivity index (χ2n) is 6.19. The molecule has 23 heavy (non-hydrogen) atoms. The minimum atomic E-state index is -3.53. The van der Waals surface area contributed by atoms with Crippen molar-refractivity contribution in [3.63, 3.8) is 0 Å². The lowest BCUT2D eigenvalue weighted by Gasteiger charge is -2.33. The lowest BCUT2D eigenvalue weighted by atomic mass is 9.93. The van der Waals surface area contributed by atoms with Crippen LogP contribution in [0.4, 0.5) is 0 Å². The molecule has 126 valence electrons. The molecule has 1 aromatic rings. The summed E-state index contributed by atoms with van der Waals surface area (Å²) in [6.07, 6.45) is 5.05. The lowest BCUT2D eigenvalue weighted by molar-refractivity contribution is -0.144. The van der Waals surface area contributed by atoms with Crippen LogP contribution in [0.1, 0.15) is 57.1 Å². The van der Waals surface area contributed by atoms with Gasteiger partial charge in [-0.15, -0.1) is 0 Å². The Morgan fingerprint density at radius 3 is 2.61 bits per heavy atom. The Kier molecular flexibility index (Phi) is 4.73. The van der Waals surface area contributed by atoms with Crippen LogP contribution in [-0.4, -0.2) is 31.3 Å². The largest absolute Gasteiger partial charge is 0.466 e. The zero-order chi connectivity index (χ0) is 16.4. The maximum absolute atomic E-state index is 13.0. The van der Waals surface area contributed by atoms with Crippen LogP contribution in [-0.2, 0) is 19.6 Å². The molecule has 0 amide bonds. The Hall–Kier alpha value is -1.40. The molecule has 6 heteroatoms. The molecule has 0 saturated heterocycles. The molecule has 0 unspecified atom stereocenters. The highest BCUT2D eigenvalue weighted by Crippen LogP contribution is 2.45. The van der Waals surface area contributed by atoms with E-state index >= 15 is 0 Å². The standard InChI is InChI=1S/C17H23NO4S/c1-2-22-17(19)12-15-14-10-6-7-11-16(14)23(20,21)18(15)13-8-4-3-5-9-13/h6-7,10-11,13,15H,2-5,8-9,12H2,1H3/t15-/m0/s1. The molecule has 3 rings (SSSR count). The number of nitrogens with zero attached hydrogens (tertiary/aromatic N) is 1. The Labute approximate surface area is 137 Å². The molecule has 0 radical (unpaired) electrons. The predicted molar refractivity (Wildman–Crippen MR) is 86.3 cm³/mol. The third kappa shape index (κ3) is 3.02. The molecule has 5 nitrogen and oxygen atoms in total. The quantitative estimate of drug-likeness (QED) is 0.792. The van der Waals surface area contributed by atoms with E-state index < -0.39 is 16.1 Å². The van der Waals surface area contributed by atoms with Crippen molar-refractivity contribution in [2.24, 2.45) is 0 Å². The molecule has 1 saturated carbocycles. The van der Waals surface area contributed by atoms with Crippen LogP contribution >= 0.6 is 0 Å². The summed E-state index contributed by atoms with van der Waals surface area (Å²) in [6, 6.07) is 6.59. The molecule has 0 bridgehead atoms. The minimum absolute atomic E-state index is 0.0134. The summed E-state index contributed by atoms with van der Waals surface area (Å²) in [5, 5.41) is 0. The summed E-state index contributed by atoms with van der Waals surface area (Å²) >= 11 is 0. The number of hydrogen-bond donors (Lipinski definition) is 0. The van der Waals surface area contributed by atoms with Gasteiger partial charge in [-0.1, -0.05) is 37.5 Å². The normalized spacial score (nSPS) is 24.3. The number of carbonyl (C=O) groups is 1. The zero-order valence-corrected chi connectivity index (χ0v) is 14.2. The van der Waals surface area contributed by atoms with Gasteiger partial charge in [0.2, 0.25) is 10.0 Å². The van der Waals surface area contributed by atoms with Crippen LogP contribution in [0.25, 0.3) is 0 Å². The second-order valence-corrected chi connectivity index (χ2v) is 8.00. The van der Waals surface area contributed by atoms with E-state index in [1.807, 2.05) is 12.1 Å². The molecule has 1 atom stereocenters. The van der Waals surface area contributed by atoms with Crippen LogP contribution < -0.4 is 0 Å². The van der Waals surface area contributed by atoms with Crippen molar-refractivity contribution in [2.45, 2.75) is 62.4 Å². The summed E-state index contributed by atoms with van der Waals surface area (Å²) in [4.78, 5) is 12.4. The molecular formula is C17H23NO4S. The van der Waals surface area contributed by atoms with Gasteiger partial charge in [-0.05, 0) is 31.4 Å². The highest BCUT2D eigenvalue weighted by molar-refractivity contribution is 7.89. The summed E-state index contributed by atoms with van der Waals surface area (Å²) in [7, 11) is -3.53. The smallest absolute Gasteiger partial charge is 0.307 e. The third-order valence-corrected chi connectivity index (χ3v) is 6.78. The first-order valence-electron chi connectivity index (χ1n) is 8.33. The summed E-state index contributed by atoms with van der Waals surface area (Å²) in [6.45, 7) is 2.07. The zero-order valence-electron chi connectivity index (χ0n) is 13.4. The number of esters is 1. The molecule has 1 aliphatic carbocycles. The van der Waals surface area contributed by atoms with Crippen molar-refractivity contribution in [2.75, 3.05) is 6.61 Å². The van der Waals surface area contributed by atoms with Crippen LogP contribution in [0.2, 0.25) is 0 Å². The number of carbonyl (C=O) groups excluding carboxylic acids is 1. The first-order valence-corrected chi connectivity index (χ1v) is 9.77. The molecular weight excluding hydrogens is 314 g/mol. The van der Waals surface area contributed by atoms with Crippen molar-refractivity contribution >= 4 is 16.0 Å². The van der Waals surface area contributed by atoms with Gasteiger partial charge in [-0.3, -0.25) is 4.79 Å². The van der Waals surface area contributed by atoms with Gasteiger partial charge >= 0.3 is 5.97 Å². The number of rotatable bonds is 4. The SMILES string of the molecule is CCOC(=O)C[C@H]1c2ccccc2S(=O)(=O)N1C1CCCCC1. The van der Waals surface area contributed by atoms with Gasteiger partial charge in [0, 0.05) is 6.04 Å². The predicted octanol–water partition coefficient (Wildman–Crippen LogP) is 3.02. The third-order valence-electron chi connectivity index (χ3n) is 4.74. The average molecular weight is 337 g/mol. The fourth-order valence-corrected chi connectivity index (χ4v) is 5.88. The molecule has 1 heterocycles. The monoisotopic (exact) mass is 337 g/mol. The Morgan fingerprint density at radius 1 is 1.22 bits per heavy atom. The van der Waals surface area contributed by atoms with Crippen molar-refractivity contribution in [1.29, 1.82) is 0 Å². The molecule has 1 aromatic carbocycles. The fourth-order valence-electron chi connectivity index (χ4n) is 3.77. The number of ether oxygens (including phenoxy) is 1. The first kappa shape index (κ1) is 16.5. The van der Waals surface area contributed by atoms with Crippen molar-refractivity contribution in [3.8, 4) is 0 Å². The molecule has 1 fully saturated rings. The Balaban J connectivity index is 1.98. The maximum Gasteiger partial charge on any atom is 0.307 e. The lowest BCUT2D eigenvalue weighted by Crippen LogP contribution is -2.40. The highest BCUT2D eigenvalue weighted by atomic mass is 32.2. The van der Waals surface area contributed by atoms with Crippen molar-refractivity contribution in [1.82, 2.24) is 4.31 Å². The minimum Gasteiger partial charge on any atom is -0.466 e. The van der Waals surface area contributed by atoms with Gasteiger partial charge in [0.15, 0.2) is 0 Å². The molecule has 2 aliphatic rings. The van der Waals surface area contributed by atoms with Gasteiger partial charge in [0.1, 0.15) is 0 Å². The van der Waals surface area contributed by atoms with E-state index in [1.54, 1.807) is 23.4 Å². The van der Waals surface area contributed by atoms with Gasteiger partial charge in [0.05, 0.1) is 24.0 Å².